The third-order valence-electron chi connectivity index (χ3n) is 4.64. The van der Waals surface area contributed by atoms with Gasteiger partial charge < -0.3 is 9.47 Å². The maximum atomic E-state index is 12.7. The fourth-order valence-electron chi connectivity index (χ4n) is 3.12. The van der Waals surface area contributed by atoms with Gasteiger partial charge in [0, 0.05) is 30.2 Å². The molecular weight excluding hydrogens is 392 g/mol. The van der Waals surface area contributed by atoms with Crippen molar-refractivity contribution in [1.29, 1.82) is 0 Å². The van der Waals surface area contributed by atoms with Crippen LogP contribution in [0, 0.1) is 0 Å². The van der Waals surface area contributed by atoms with Gasteiger partial charge in [0.2, 0.25) is 5.78 Å². The van der Waals surface area contributed by atoms with Crippen molar-refractivity contribution in [1.82, 2.24) is 0 Å². The zero-order chi connectivity index (χ0) is 21.2. The lowest BCUT2D eigenvalue weighted by molar-refractivity contribution is -0.176. The van der Waals surface area contributed by atoms with E-state index in [-0.39, 0.29) is 5.78 Å². The molecule has 4 aromatic rings. The SMILES string of the molecule is COC(OC)(C(=O)c1ccccc1)c1ccccc1.c1ccc(-c2cccs2)cc1. The minimum atomic E-state index is -1.40. The van der Waals surface area contributed by atoms with Crippen LogP contribution in [-0.2, 0) is 15.3 Å². The van der Waals surface area contributed by atoms with Crippen LogP contribution in [0.2, 0.25) is 0 Å². The summed E-state index contributed by atoms with van der Waals surface area (Å²) in [5.41, 5.74) is 2.53. The molecule has 0 saturated heterocycles. The number of carbonyl (C=O) groups excluding carboxylic acids is 1. The van der Waals surface area contributed by atoms with Crippen molar-refractivity contribution in [2.75, 3.05) is 14.2 Å². The lowest BCUT2D eigenvalue weighted by atomic mass is 9.96. The summed E-state index contributed by atoms with van der Waals surface area (Å²) in [7, 11) is 2.94. The molecule has 4 heteroatoms. The van der Waals surface area contributed by atoms with Crippen LogP contribution in [0.3, 0.4) is 0 Å². The second-order valence-corrected chi connectivity index (χ2v) is 7.38. The van der Waals surface area contributed by atoms with Gasteiger partial charge in [-0.1, -0.05) is 97.1 Å². The molecule has 30 heavy (non-hydrogen) atoms. The maximum absolute atomic E-state index is 12.7. The molecule has 0 aliphatic rings. The maximum Gasteiger partial charge on any atom is 0.260 e. The second-order valence-electron chi connectivity index (χ2n) is 6.43. The minimum Gasteiger partial charge on any atom is -0.343 e. The molecule has 0 aliphatic heterocycles. The summed E-state index contributed by atoms with van der Waals surface area (Å²) in [6.07, 6.45) is 0. The standard InChI is InChI=1S/C16H16O3.C10H8S/c1-18-16(19-2,14-11-7-4-8-12-14)15(17)13-9-5-3-6-10-13;1-2-5-9(6-3-1)10-7-4-8-11-10/h3-12H,1-2H3;1-8H. The molecule has 152 valence electrons. The summed E-state index contributed by atoms with van der Waals surface area (Å²) < 4.78 is 10.8. The number of ether oxygens (including phenoxy) is 2. The average Bonchev–Trinajstić information content (AvgIpc) is 3.38. The van der Waals surface area contributed by atoms with Crippen molar-refractivity contribution in [3.05, 3.63) is 120 Å². The molecule has 0 radical (unpaired) electrons. The molecule has 0 unspecified atom stereocenters. The van der Waals surface area contributed by atoms with Crippen LogP contribution in [0.15, 0.2) is 109 Å². The largest absolute Gasteiger partial charge is 0.343 e. The van der Waals surface area contributed by atoms with Crippen molar-refractivity contribution in [3.8, 4) is 10.4 Å². The van der Waals surface area contributed by atoms with Gasteiger partial charge in [0.15, 0.2) is 0 Å². The molecule has 0 aliphatic carbocycles. The first-order valence-electron chi connectivity index (χ1n) is 9.56. The summed E-state index contributed by atoms with van der Waals surface area (Å²) in [5, 5.41) is 2.10. The summed E-state index contributed by atoms with van der Waals surface area (Å²) in [5.74, 6) is -1.62. The quantitative estimate of drug-likeness (QED) is 0.268. The third kappa shape index (κ3) is 4.92. The molecule has 0 spiro atoms. The Balaban J connectivity index is 0.000000196. The minimum absolute atomic E-state index is 0.218. The average molecular weight is 417 g/mol. The molecule has 0 bridgehead atoms. The summed E-state index contributed by atoms with van der Waals surface area (Å²) in [6, 6.07) is 32.8. The highest BCUT2D eigenvalue weighted by Gasteiger charge is 2.41. The molecule has 4 rings (SSSR count). The van der Waals surface area contributed by atoms with Gasteiger partial charge in [0.05, 0.1) is 0 Å². The molecule has 0 amide bonds. The van der Waals surface area contributed by atoms with Crippen molar-refractivity contribution in [2.24, 2.45) is 0 Å². The Morgan fingerprint density at radius 2 is 1.23 bits per heavy atom. The van der Waals surface area contributed by atoms with Crippen LogP contribution in [-0.4, -0.2) is 20.0 Å². The summed E-state index contributed by atoms with van der Waals surface area (Å²) >= 11 is 1.78. The fraction of sp³-hybridized carbons (Fsp3) is 0.115. The first-order chi connectivity index (χ1) is 14.7. The molecule has 0 fully saturated rings. The van der Waals surface area contributed by atoms with Crippen LogP contribution in [0.25, 0.3) is 10.4 Å². The number of methoxy groups -OCH3 is 2. The first-order valence-corrected chi connectivity index (χ1v) is 10.4. The van der Waals surface area contributed by atoms with Crippen LogP contribution in [0.1, 0.15) is 15.9 Å². The fourth-order valence-corrected chi connectivity index (χ4v) is 3.85. The van der Waals surface area contributed by atoms with E-state index in [2.05, 4.69) is 41.8 Å². The van der Waals surface area contributed by atoms with Crippen LogP contribution < -0.4 is 0 Å². The highest BCUT2D eigenvalue weighted by Crippen LogP contribution is 2.30. The van der Waals surface area contributed by atoms with Gasteiger partial charge in [-0.25, -0.2) is 0 Å². The third-order valence-corrected chi connectivity index (χ3v) is 5.56. The summed E-state index contributed by atoms with van der Waals surface area (Å²) in [4.78, 5) is 14.0. The van der Waals surface area contributed by atoms with Gasteiger partial charge in [-0.05, 0) is 17.0 Å². The van der Waals surface area contributed by atoms with E-state index in [1.54, 1.807) is 23.5 Å². The number of Topliss-reactive ketones (excluding diaryl/α,β-unsaturated/α-hetero) is 1. The van der Waals surface area contributed by atoms with E-state index in [9.17, 15) is 4.79 Å². The van der Waals surface area contributed by atoms with Gasteiger partial charge in [-0.3, -0.25) is 4.79 Å². The Labute approximate surface area is 181 Å². The number of hydrogen-bond acceptors (Lipinski definition) is 4. The Morgan fingerprint density at radius 3 is 1.73 bits per heavy atom. The van der Waals surface area contributed by atoms with Crippen LogP contribution >= 0.6 is 11.3 Å². The zero-order valence-electron chi connectivity index (χ0n) is 17.0. The molecule has 3 aromatic carbocycles. The van der Waals surface area contributed by atoms with Crippen molar-refractivity contribution >= 4 is 17.1 Å². The van der Waals surface area contributed by atoms with Gasteiger partial charge in [-0.15, -0.1) is 11.3 Å². The first kappa shape index (κ1) is 21.7. The second kappa shape index (κ2) is 10.6. The van der Waals surface area contributed by atoms with Crippen molar-refractivity contribution in [3.63, 3.8) is 0 Å². The molecule has 0 atom stereocenters. The summed E-state index contributed by atoms with van der Waals surface area (Å²) in [6.45, 7) is 0. The molecule has 0 saturated carbocycles. The monoisotopic (exact) mass is 416 g/mol. The normalized spacial score (nSPS) is 10.7. The van der Waals surface area contributed by atoms with E-state index >= 15 is 0 Å². The highest BCUT2D eigenvalue weighted by atomic mass is 32.1. The van der Waals surface area contributed by atoms with Gasteiger partial charge in [0.25, 0.3) is 5.79 Å². The van der Waals surface area contributed by atoms with E-state index in [1.807, 2.05) is 54.6 Å². The highest BCUT2D eigenvalue weighted by molar-refractivity contribution is 7.13. The Morgan fingerprint density at radius 1 is 0.700 bits per heavy atom. The number of ketones is 1. The number of hydrogen-bond donors (Lipinski definition) is 0. The smallest absolute Gasteiger partial charge is 0.260 e. The predicted octanol–water partition coefficient (Wildman–Crippen LogP) is 6.43. The van der Waals surface area contributed by atoms with Crippen LogP contribution in [0.4, 0.5) is 0 Å². The molecule has 1 aromatic heterocycles. The van der Waals surface area contributed by atoms with Gasteiger partial charge in [0.1, 0.15) is 0 Å². The lowest BCUT2D eigenvalue weighted by Crippen LogP contribution is -2.39. The van der Waals surface area contributed by atoms with Gasteiger partial charge >= 0.3 is 0 Å². The Kier molecular flexibility index (Phi) is 7.69. The molecule has 0 N–H and O–H groups in total. The van der Waals surface area contributed by atoms with E-state index in [4.69, 9.17) is 9.47 Å². The van der Waals surface area contributed by atoms with Gasteiger partial charge in [-0.2, -0.15) is 0 Å². The number of benzene rings is 3. The van der Waals surface area contributed by atoms with Crippen molar-refractivity contribution in [2.45, 2.75) is 5.79 Å². The number of rotatable bonds is 6. The number of carbonyl (C=O) groups is 1. The van der Waals surface area contributed by atoms with Crippen LogP contribution in [0.5, 0.6) is 0 Å². The van der Waals surface area contributed by atoms with E-state index in [1.165, 1.54) is 24.7 Å². The molecular formula is C26H24O3S. The van der Waals surface area contributed by atoms with Crippen molar-refractivity contribution < 1.29 is 14.3 Å². The topological polar surface area (TPSA) is 35.5 Å². The zero-order valence-corrected chi connectivity index (χ0v) is 17.8. The van der Waals surface area contributed by atoms with E-state index < -0.39 is 5.79 Å². The van der Waals surface area contributed by atoms with E-state index in [0.717, 1.165) is 0 Å². The number of thiophene rings is 1. The predicted molar refractivity (Wildman–Crippen MR) is 123 cm³/mol. The Bertz CT molecular complexity index is 1010. The lowest BCUT2D eigenvalue weighted by Gasteiger charge is -2.29. The van der Waals surface area contributed by atoms with E-state index in [0.29, 0.717) is 11.1 Å². The molecule has 1 heterocycles. The Hall–Kier alpha value is -3.05. The molecule has 3 nitrogen and oxygen atoms in total.